The van der Waals surface area contributed by atoms with Crippen LogP contribution in [0.4, 0.5) is 10.2 Å². The van der Waals surface area contributed by atoms with Gasteiger partial charge in [-0.2, -0.15) is 4.39 Å². The molecule has 0 bridgehead atoms. The highest BCUT2D eigenvalue weighted by Gasteiger charge is 2.40. The van der Waals surface area contributed by atoms with Crippen LogP contribution in [0.15, 0.2) is 40.0 Å². The highest BCUT2D eigenvalue weighted by atomic mass is 79.9. The van der Waals surface area contributed by atoms with E-state index in [0.717, 1.165) is 37.8 Å². The summed E-state index contributed by atoms with van der Waals surface area (Å²) in [4.78, 5) is 23.5. The first-order chi connectivity index (χ1) is 13.8. The lowest BCUT2D eigenvalue weighted by molar-refractivity contribution is 0.0984. The average molecular weight is 482 g/mol. The summed E-state index contributed by atoms with van der Waals surface area (Å²) in [6, 6.07) is 7.96. The van der Waals surface area contributed by atoms with Gasteiger partial charge in [0.15, 0.2) is 0 Å². The number of nitrogens with zero attached hydrogens (tertiary/aromatic N) is 3. The van der Waals surface area contributed by atoms with Crippen LogP contribution in [0.1, 0.15) is 43.5 Å². The molecule has 9 heteroatoms. The monoisotopic (exact) mass is 481 g/mol. The van der Waals surface area contributed by atoms with Gasteiger partial charge in [-0.15, -0.1) is 0 Å². The molecule has 0 radical (unpaired) electrons. The minimum atomic E-state index is -0.586. The fourth-order valence-electron chi connectivity index (χ4n) is 3.77. The van der Waals surface area contributed by atoms with E-state index in [-0.39, 0.29) is 11.4 Å². The Morgan fingerprint density at radius 1 is 1.38 bits per heavy atom. The molecule has 2 aromatic heterocycles. The van der Waals surface area contributed by atoms with Crippen molar-refractivity contribution in [1.29, 1.82) is 0 Å². The van der Waals surface area contributed by atoms with E-state index < -0.39 is 5.95 Å². The van der Waals surface area contributed by atoms with Gasteiger partial charge in [0.05, 0.1) is 5.56 Å². The molecule has 1 aliphatic rings. The van der Waals surface area contributed by atoms with Crippen LogP contribution in [0.3, 0.4) is 0 Å². The Morgan fingerprint density at radius 2 is 2.17 bits per heavy atom. The molecule has 0 saturated carbocycles. The minimum absolute atomic E-state index is 0.126. The van der Waals surface area contributed by atoms with Gasteiger partial charge in [0.25, 0.3) is 5.91 Å². The first-order valence-electron chi connectivity index (χ1n) is 9.54. The third kappa shape index (κ3) is 5.46. The van der Waals surface area contributed by atoms with Crippen LogP contribution in [0.5, 0.6) is 0 Å². The zero-order valence-corrected chi connectivity index (χ0v) is 18.9. The maximum atomic E-state index is 13.3. The highest BCUT2D eigenvalue weighted by Crippen LogP contribution is 2.39. The van der Waals surface area contributed by atoms with Gasteiger partial charge in [-0.25, -0.2) is 9.97 Å². The van der Waals surface area contributed by atoms with Crippen LogP contribution in [-0.2, 0) is 0 Å². The van der Waals surface area contributed by atoms with Gasteiger partial charge < -0.3 is 10.6 Å². The molecule has 0 spiro atoms. The Kier molecular flexibility index (Phi) is 7.13. The van der Waals surface area contributed by atoms with Crippen LogP contribution in [-0.4, -0.2) is 34.5 Å². The average Bonchev–Trinajstić information content (AvgIpc) is 2.98. The normalized spacial score (nSPS) is 18.1. The molecule has 3 heterocycles. The molecular weight excluding hydrogens is 457 g/mol. The molecule has 1 saturated heterocycles. The van der Waals surface area contributed by atoms with Crippen molar-refractivity contribution in [3.8, 4) is 0 Å². The SMILES string of the molecule is CC1(C)C[C@H](CCCN)CN1c1nc(Br)ccc1C(=O)NSc1cccc(F)n1. The summed E-state index contributed by atoms with van der Waals surface area (Å²) in [7, 11) is 0. The lowest BCUT2D eigenvalue weighted by Crippen LogP contribution is -2.40. The van der Waals surface area contributed by atoms with Crippen molar-refractivity contribution in [2.75, 3.05) is 18.0 Å². The maximum Gasteiger partial charge on any atom is 0.265 e. The summed E-state index contributed by atoms with van der Waals surface area (Å²) in [5.74, 6) is 0.274. The Hall–Kier alpha value is -1.71. The maximum absolute atomic E-state index is 13.3. The van der Waals surface area contributed by atoms with Crippen LogP contribution in [0, 0.1) is 11.9 Å². The zero-order valence-electron chi connectivity index (χ0n) is 16.5. The number of hydrogen-bond donors (Lipinski definition) is 2. The molecule has 0 aliphatic carbocycles. The molecule has 2 aromatic rings. The van der Waals surface area contributed by atoms with Crippen molar-refractivity contribution in [3.63, 3.8) is 0 Å². The van der Waals surface area contributed by atoms with E-state index in [1.54, 1.807) is 24.3 Å². The molecule has 0 aromatic carbocycles. The standard InChI is InChI=1S/C20H25BrFN5OS/c1-20(2)11-13(5-4-10-23)12-27(20)18-14(8-9-15(21)24-18)19(28)26-29-17-7-3-6-16(22)25-17/h3,6-9,13H,4-5,10-12,23H2,1-2H3,(H,26,28)/t13-/m0/s1. The van der Waals surface area contributed by atoms with E-state index in [1.807, 2.05) is 0 Å². The first kappa shape index (κ1) is 22.0. The number of pyridine rings is 2. The number of anilines is 1. The number of aromatic nitrogens is 2. The summed E-state index contributed by atoms with van der Waals surface area (Å²) in [6.45, 7) is 5.86. The van der Waals surface area contributed by atoms with E-state index in [1.165, 1.54) is 6.07 Å². The van der Waals surface area contributed by atoms with E-state index in [0.29, 0.717) is 33.5 Å². The Labute approximate surface area is 183 Å². The number of nitrogens with two attached hydrogens (primary N) is 1. The molecule has 6 nitrogen and oxygen atoms in total. The predicted molar refractivity (Wildman–Crippen MR) is 117 cm³/mol. The van der Waals surface area contributed by atoms with Crippen molar-refractivity contribution in [2.24, 2.45) is 11.7 Å². The highest BCUT2D eigenvalue weighted by molar-refractivity contribution is 9.10. The Balaban J connectivity index is 1.81. The lowest BCUT2D eigenvalue weighted by Gasteiger charge is -2.33. The third-order valence-corrected chi connectivity index (χ3v) is 6.22. The van der Waals surface area contributed by atoms with Gasteiger partial charge in [0.1, 0.15) is 15.4 Å². The number of carbonyl (C=O) groups is 1. The molecule has 1 aliphatic heterocycles. The van der Waals surface area contributed by atoms with E-state index >= 15 is 0 Å². The quantitative estimate of drug-likeness (QED) is 0.456. The molecule has 0 unspecified atom stereocenters. The minimum Gasteiger partial charge on any atom is -0.351 e. The topological polar surface area (TPSA) is 84.1 Å². The van der Waals surface area contributed by atoms with Crippen molar-refractivity contribution < 1.29 is 9.18 Å². The van der Waals surface area contributed by atoms with Gasteiger partial charge in [-0.3, -0.25) is 9.52 Å². The van der Waals surface area contributed by atoms with Gasteiger partial charge >= 0.3 is 0 Å². The second kappa shape index (κ2) is 9.40. The Morgan fingerprint density at radius 3 is 2.90 bits per heavy atom. The number of hydrogen-bond acceptors (Lipinski definition) is 6. The summed E-state index contributed by atoms with van der Waals surface area (Å²) in [6.07, 6.45) is 3.07. The second-order valence-electron chi connectivity index (χ2n) is 7.76. The largest absolute Gasteiger partial charge is 0.351 e. The number of carbonyl (C=O) groups excluding carboxylic acids is 1. The van der Waals surface area contributed by atoms with E-state index in [4.69, 9.17) is 5.73 Å². The molecular formula is C20H25BrFN5OS. The summed E-state index contributed by atoms with van der Waals surface area (Å²) in [5.41, 5.74) is 6.03. The molecule has 3 rings (SSSR count). The molecule has 29 heavy (non-hydrogen) atoms. The fourth-order valence-corrected chi connectivity index (χ4v) is 4.65. The van der Waals surface area contributed by atoms with Gasteiger partial charge in [-0.05, 0) is 85.8 Å². The van der Waals surface area contributed by atoms with E-state index in [2.05, 4.69) is 49.4 Å². The smallest absolute Gasteiger partial charge is 0.265 e. The number of amides is 1. The van der Waals surface area contributed by atoms with Gasteiger partial charge in [-0.1, -0.05) is 6.07 Å². The molecule has 1 amide bonds. The predicted octanol–water partition coefficient (Wildman–Crippen LogP) is 4.16. The van der Waals surface area contributed by atoms with Crippen molar-refractivity contribution in [3.05, 3.63) is 46.4 Å². The Bertz CT molecular complexity index is 882. The third-order valence-electron chi connectivity index (χ3n) is 5.06. The lowest BCUT2D eigenvalue weighted by atomic mass is 9.93. The molecule has 156 valence electrons. The van der Waals surface area contributed by atoms with Crippen LogP contribution in [0.2, 0.25) is 0 Å². The number of halogens is 2. The fraction of sp³-hybridized carbons (Fsp3) is 0.450. The molecule has 3 N–H and O–H groups in total. The van der Waals surface area contributed by atoms with E-state index in [9.17, 15) is 9.18 Å². The summed E-state index contributed by atoms with van der Waals surface area (Å²) < 4.78 is 16.7. The van der Waals surface area contributed by atoms with Crippen LogP contribution >= 0.6 is 27.9 Å². The first-order valence-corrected chi connectivity index (χ1v) is 11.1. The van der Waals surface area contributed by atoms with Crippen molar-refractivity contribution >= 4 is 39.6 Å². The molecule has 1 fully saturated rings. The second-order valence-corrected chi connectivity index (χ2v) is 9.40. The number of rotatable bonds is 7. The molecule has 1 atom stereocenters. The van der Waals surface area contributed by atoms with Crippen LogP contribution < -0.4 is 15.4 Å². The van der Waals surface area contributed by atoms with Gasteiger partial charge in [0.2, 0.25) is 5.95 Å². The summed E-state index contributed by atoms with van der Waals surface area (Å²) >= 11 is 4.41. The van der Waals surface area contributed by atoms with Gasteiger partial charge in [0, 0.05) is 24.0 Å². The van der Waals surface area contributed by atoms with Crippen molar-refractivity contribution in [2.45, 2.75) is 43.7 Å². The van der Waals surface area contributed by atoms with Crippen molar-refractivity contribution in [1.82, 2.24) is 14.7 Å². The summed E-state index contributed by atoms with van der Waals surface area (Å²) in [5, 5.41) is 0.383. The van der Waals surface area contributed by atoms with Crippen LogP contribution in [0.25, 0.3) is 0 Å². The number of nitrogens with one attached hydrogen (secondary N) is 1. The zero-order chi connectivity index (χ0) is 21.0.